The van der Waals surface area contributed by atoms with Gasteiger partial charge in [0.1, 0.15) is 5.75 Å². The van der Waals surface area contributed by atoms with Gasteiger partial charge in [-0.3, -0.25) is 4.79 Å². The number of hydrogen-bond acceptors (Lipinski definition) is 3. The van der Waals surface area contributed by atoms with Crippen LogP contribution in [0.3, 0.4) is 0 Å². The number of phenols is 1. The molecule has 0 saturated heterocycles. The number of carboxylic acid groups (broad SMARTS) is 1. The highest BCUT2D eigenvalue weighted by molar-refractivity contribution is 9.10. The van der Waals surface area contributed by atoms with E-state index in [2.05, 4.69) is 15.9 Å². The fourth-order valence-electron chi connectivity index (χ4n) is 1.07. The van der Waals surface area contributed by atoms with Crippen molar-refractivity contribution >= 4 is 21.9 Å². The van der Waals surface area contributed by atoms with Crippen LogP contribution in [0.1, 0.15) is 18.1 Å². The summed E-state index contributed by atoms with van der Waals surface area (Å²) in [6.45, 7) is 0. The monoisotopic (exact) mass is 260 g/mol. The second kappa shape index (κ2) is 4.43. The van der Waals surface area contributed by atoms with Crippen LogP contribution in [0.5, 0.6) is 5.75 Å². The molecule has 1 rings (SSSR count). The molecule has 14 heavy (non-hydrogen) atoms. The van der Waals surface area contributed by atoms with Crippen molar-refractivity contribution < 1.29 is 20.1 Å². The largest absolute Gasteiger partial charge is 0.508 e. The van der Waals surface area contributed by atoms with Crippen molar-refractivity contribution in [3.05, 3.63) is 28.2 Å². The Labute approximate surface area is 88.9 Å². The summed E-state index contributed by atoms with van der Waals surface area (Å²) in [6, 6.07) is 4.51. The van der Waals surface area contributed by atoms with Crippen molar-refractivity contribution in [2.75, 3.05) is 0 Å². The smallest absolute Gasteiger partial charge is 0.306 e. The Morgan fingerprint density at radius 2 is 2.14 bits per heavy atom. The van der Waals surface area contributed by atoms with E-state index in [4.69, 9.17) is 5.11 Å². The van der Waals surface area contributed by atoms with Crippen molar-refractivity contribution in [3.63, 3.8) is 0 Å². The fraction of sp³-hybridized carbons (Fsp3) is 0.222. The van der Waals surface area contributed by atoms with Gasteiger partial charge in [-0.2, -0.15) is 0 Å². The van der Waals surface area contributed by atoms with Crippen molar-refractivity contribution in [3.8, 4) is 5.75 Å². The lowest BCUT2D eigenvalue weighted by Crippen LogP contribution is -2.05. The summed E-state index contributed by atoms with van der Waals surface area (Å²) in [5.41, 5.74) is 0.218. The number of carboxylic acids is 1. The van der Waals surface area contributed by atoms with Crippen molar-refractivity contribution in [2.24, 2.45) is 0 Å². The van der Waals surface area contributed by atoms with E-state index in [-0.39, 0.29) is 11.3 Å². The zero-order valence-corrected chi connectivity index (χ0v) is 8.73. The van der Waals surface area contributed by atoms with E-state index in [1.165, 1.54) is 12.1 Å². The zero-order valence-electron chi connectivity index (χ0n) is 7.14. The molecule has 0 saturated carbocycles. The second-order valence-electron chi connectivity index (χ2n) is 2.82. The summed E-state index contributed by atoms with van der Waals surface area (Å²) in [4.78, 5) is 10.3. The molecular weight excluding hydrogens is 252 g/mol. The van der Waals surface area contributed by atoms with Gasteiger partial charge in [0.2, 0.25) is 0 Å². The van der Waals surface area contributed by atoms with Gasteiger partial charge in [-0.25, -0.2) is 0 Å². The summed E-state index contributed by atoms with van der Waals surface area (Å²) >= 11 is 3.14. The van der Waals surface area contributed by atoms with E-state index in [0.29, 0.717) is 4.47 Å². The lowest BCUT2D eigenvalue weighted by Gasteiger charge is -2.10. The summed E-state index contributed by atoms with van der Waals surface area (Å²) < 4.78 is 0.668. The third-order valence-corrected chi connectivity index (χ3v) is 2.21. The standard InChI is InChI=1S/C9H9BrO4/c10-5-1-2-6(7(11)3-5)8(12)4-9(13)14/h1-3,8,11-12H,4H2,(H,13,14)/t8-/m1/s1. The minimum absolute atomic E-state index is 0.117. The van der Waals surface area contributed by atoms with Crippen LogP contribution >= 0.6 is 15.9 Å². The first kappa shape index (κ1) is 11.0. The molecule has 0 aromatic heterocycles. The lowest BCUT2D eigenvalue weighted by atomic mass is 10.1. The minimum atomic E-state index is -1.18. The minimum Gasteiger partial charge on any atom is -0.508 e. The van der Waals surface area contributed by atoms with Crippen LogP contribution in [-0.2, 0) is 4.79 Å². The highest BCUT2D eigenvalue weighted by Gasteiger charge is 2.15. The Hall–Kier alpha value is -1.07. The molecule has 0 amide bonds. The molecule has 0 aliphatic rings. The molecule has 1 aromatic rings. The molecule has 0 aliphatic heterocycles. The second-order valence-corrected chi connectivity index (χ2v) is 3.73. The summed E-state index contributed by atoms with van der Waals surface area (Å²) in [5, 5.41) is 27.2. The molecule has 0 spiro atoms. The molecule has 0 radical (unpaired) electrons. The quantitative estimate of drug-likeness (QED) is 0.773. The highest BCUT2D eigenvalue weighted by atomic mass is 79.9. The lowest BCUT2D eigenvalue weighted by molar-refractivity contribution is -0.139. The van der Waals surface area contributed by atoms with E-state index in [9.17, 15) is 15.0 Å². The number of aliphatic carboxylic acids is 1. The molecule has 0 unspecified atom stereocenters. The van der Waals surface area contributed by atoms with Crippen LogP contribution in [0, 0.1) is 0 Å². The summed E-state index contributed by atoms with van der Waals surface area (Å²) in [7, 11) is 0. The summed E-state index contributed by atoms with van der Waals surface area (Å²) in [5.74, 6) is -1.23. The van der Waals surface area contributed by atoms with Crippen molar-refractivity contribution in [1.82, 2.24) is 0 Å². The Bertz CT molecular complexity index is 351. The maximum absolute atomic E-state index is 10.3. The van der Waals surface area contributed by atoms with E-state index >= 15 is 0 Å². The van der Waals surface area contributed by atoms with E-state index in [1.807, 2.05) is 0 Å². The van der Waals surface area contributed by atoms with Gasteiger partial charge in [-0.05, 0) is 12.1 Å². The van der Waals surface area contributed by atoms with Crippen LogP contribution in [0.4, 0.5) is 0 Å². The van der Waals surface area contributed by atoms with E-state index in [1.54, 1.807) is 6.07 Å². The Morgan fingerprint density at radius 3 is 2.64 bits per heavy atom. The molecule has 0 fully saturated rings. The topological polar surface area (TPSA) is 77.8 Å². The molecule has 0 aliphatic carbocycles. The van der Waals surface area contributed by atoms with Gasteiger partial charge in [0.15, 0.2) is 0 Å². The molecule has 5 heteroatoms. The van der Waals surface area contributed by atoms with Crippen molar-refractivity contribution in [1.29, 1.82) is 0 Å². The number of carbonyl (C=O) groups is 1. The van der Waals surface area contributed by atoms with Crippen LogP contribution in [0.15, 0.2) is 22.7 Å². The van der Waals surface area contributed by atoms with Crippen LogP contribution in [-0.4, -0.2) is 21.3 Å². The average molecular weight is 261 g/mol. The number of hydrogen-bond donors (Lipinski definition) is 3. The van der Waals surface area contributed by atoms with Gasteiger partial charge in [0, 0.05) is 10.0 Å². The van der Waals surface area contributed by atoms with Gasteiger partial charge < -0.3 is 15.3 Å². The predicted molar refractivity (Wildman–Crippen MR) is 53.0 cm³/mol. The SMILES string of the molecule is O=C(O)C[C@@H](O)c1ccc(Br)cc1O. The zero-order chi connectivity index (χ0) is 10.7. The third-order valence-electron chi connectivity index (χ3n) is 1.72. The van der Waals surface area contributed by atoms with E-state index < -0.39 is 18.5 Å². The van der Waals surface area contributed by atoms with Gasteiger partial charge >= 0.3 is 5.97 Å². The molecule has 1 aromatic carbocycles. The molecule has 0 heterocycles. The fourth-order valence-corrected chi connectivity index (χ4v) is 1.42. The number of halogens is 1. The first-order chi connectivity index (χ1) is 6.50. The maximum atomic E-state index is 10.3. The number of aliphatic hydroxyl groups is 1. The Morgan fingerprint density at radius 1 is 1.50 bits per heavy atom. The Balaban J connectivity index is 2.90. The number of aliphatic hydroxyl groups excluding tert-OH is 1. The molecule has 1 atom stereocenters. The van der Waals surface area contributed by atoms with Gasteiger partial charge in [-0.1, -0.05) is 22.0 Å². The molecule has 0 bridgehead atoms. The van der Waals surface area contributed by atoms with Crippen LogP contribution in [0.2, 0.25) is 0 Å². The molecular formula is C9H9BrO4. The first-order valence-corrected chi connectivity index (χ1v) is 4.68. The number of rotatable bonds is 3. The van der Waals surface area contributed by atoms with Gasteiger partial charge in [0.25, 0.3) is 0 Å². The van der Waals surface area contributed by atoms with Gasteiger partial charge in [0.05, 0.1) is 12.5 Å². The van der Waals surface area contributed by atoms with Crippen LogP contribution in [0.25, 0.3) is 0 Å². The van der Waals surface area contributed by atoms with Crippen LogP contribution < -0.4 is 0 Å². The highest BCUT2D eigenvalue weighted by Crippen LogP contribution is 2.28. The molecule has 76 valence electrons. The summed E-state index contributed by atoms with van der Waals surface area (Å²) in [6.07, 6.45) is -1.60. The number of aromatic hydroxyl groups is 1. The molecule has 4 nitrogen and oxygen atoms in total. The van der Waals surface area contributed by atoms with Crippen molar-refractivity contribution in [2.45, 2.75) is 12.5 Å². The predicted octanol–water partition coefficient (Wildman–Crippen LogP) is 1.66. The number of benzene rings is 1. The molecule has 3 N–H and O–H groups in total. The number of phenolic OH excluding ortho intramolecular Hbond substituents is 1. The average Bonchev–Trinajstić information content (AvgIpc) is 2.01. The maximum Gasteiger partial charge on any atom is 0.306 e. The normalized spacial score (nSPS) is 12.4. The first-order valence-electron chi connectivity index (χ1n) is 3.89. The third kappa shape index (κ3) is 2.71. The van der Waals surface area contributed by atoms with E-state index in [0.717, 1.165) is 0 Å². The van der Waals surface area contributed by atoms with Gasteiger partial charge in [-0.15, -0.1) is 0 Å². The Kier molecular flexibility index (Phi) is 3.49.